The Labute approximate surface area is 204 Å². The van der Waals surface area contributed by atoms with Crippen LogP contribution in [0.25, 0.3) is 16.5 Å². The van der Waals surface area contributed by atoms with Gasteiger partial charge in [0, 0.05) is 43.2 Å². The van der Waals surface area contributed by atoms with E-state index in [-0.39, 0.29) is 24.3 Å². The third-order valence-electron chi connectivity index (χ3n) is 7.14. The molecule has 2 aliphatic rings. The van der Waals surface area contributed by atoms with Crippen molar-refractivity contribution in [1.82, 2.24) is 19.8 Å². The van der Waals surface area contributed by atoms with E-state index in [9.17, 15) is 18.4 Å². The van der Waals surface area contributed by atoms with Crippen LogP contribution in [0, 0.1) is 13.8 Å². The van der Waals surface area contributed by atoms with Crippen LogP contribution in [0.1, 0.15) is 51.3 Å². The number of hydrogen-bond donors (Lipinski definition) is 1. The van der Waals surface area contributed by atoms with E-state index in [0.29, 0.717) is 39.3 Å². The Bertz CT molecular complexity index is 1540. The summed E-state index contributed by atoms with van der Waals surface area (Å²) in [7, 11) is 0. The van der Waals surface area contributed by atoms with Crippen molar-refractivity contribution in [3.63, 3.8) is 0 Å². The lowest BCUT2D eigenvalue weighted by Crippen LogP contribution is -2.55. The van der Waals surface area contributed by atoms with Crippen molar-refractivity contribution in [2.45, 2.75) is 45.1 Å². The Morgan fingerprint density at radius 1 is 1.22 bits per heavy atom. The van der Waals surface area contributed by atoms with Crippen LogP contribution in [0.4, 0.5) is 8.78 Å². The number of carbonyl (C=O) groups excluding carboxylic acids is 2. The number of carbonyl (C=O) groups is 2. The molecule has 2 amide bonds. The zero-order valence-corrected chi connectivity index (χ0v) is 19.8. The molecule has 1 aliphatic heterocycles. The van der Waals surface area contributed by atoms with Gasteiger partial charge < -0.3 is 19.4 Å². The number of rotatable bonds is 5. The van der Waals surface area contributed by atoms with Crippen LogP contribution in [-0.2, 0) is 0 Å². The summed E-state index contributed by atoms with van der Waals surface area (Å²) in [5, 5.41) is 7.27. The third-order valence-corrected chi connectivity index (χ3v) is 7.14. The minimum absolute atomic E-state index is 0.0202. The van der Waals surface area contributed by atoms with Crippen molar-refractivity contribution in [3.05, 3.63) is 59.1 Å². The number of fused-ring (bicyclic) bond motifs is 2. The number of benzene rings is 1. The van der Waals surface area contributed by atoms with Gasteiger partial charge in [-0.15, -0.1) is 0 Å². The Balaban J connectivity index is 1.30. The second-order valence-corrected chi connectivity index (χ2v) is 9.42. The molecule has 2 fully saturated rings. The SMILES string of the molecule is Cc1oc2cc(Oc3ccnn4cc(C(=O)N5CCC5)c(C)c34)ccc2c1C(=O)NC1CCC1(F)F. The van der Waals surface area contributed by atoms with Gasteiger partial charge in [-0.05, 0) is 44.4 Å². The van der Waals surface area contributed by atoms with Crippen molar-refractivity contribution < 1.29 is 27.5 Å². The van der Waals surface area contributed by atoms with Gasteiger partial charge in [-0.2, -0.15) is 5.10 Å². The number of aryl methyl sites for hydroxylation is 2. The van der Waals surface area contributed by atoms with E-state index in [1.165, 1.54) is 0 Å². The van der Waals surface area contributed by atoms with Gasteiger partial charge in [0.25, 0.3) is 17.7 Å². The molecular formula is C26H24F2N4O4. The van der Waals surface area contributed by atoms with E-state index >= 15 is 0 Å². The topological polar surface area (TPSA) is 89.1 Å². The molecule has 0 radical (unpaired) electrons. The maximum atomic E-state index is 13.6. The van der Waals surface area contributed by atoms with E-state index in [4.69, 9.17) is 9.15 Å². The highest BCUT2D eigenvalue weighted by Gasteiger charge is 2.49. The molecule has 1 aromatic carbocycles. The van der Waals surface area contributed by atoms with E-state index < -0.39 is 17.9 Å². The van der Waals surface area contributed by atoms with E-state index in [0.717, 1.165) is 25.1 Å². The molecule has 1 saturated carbocycles. The number of nitrogens with one attached hydrogen (secondary N) is 1. The summed E-state index contributed by atoms with van der Waals surface area (Å²) in [6.45, 7) is 5.01. The van der Waals surface area contributed by atoms with Gasteiger partial charge in [0.15, 0.2) is 5.75 Å². The maximum Gasteiger partial charge on any atom is 0.267 e. The minimum atomic E-state index is -2.88. The standard InChI is InChI=1S/C26H24F2N4O4/c1-14-18(25(34)31-10-3-11-31)13-32-23(14)19(7-9-29-32)36-16-4-5-17-20(12-16)35-15(2)22(17)24(33)30-21-6-8-26(21,27)28/h4-5,7,9,12-13,21H,3,6,8,10-11H2,1-2H3,(H,30,33). The fraction of sp³-hybridized carbons (Fsp3) is 0.346. The number of furan rings is 1. The number of likely N-dealkylation sites (tertiary alicyclic amines) is 1. The maximum absolute atomic E-state index is 13.6. The van der Waals surface area contributed by atoms with Crippen molar-refractivity contribution in [3.8, 4) is 11.5 Å². The molecule has 1 atom stereocenters. The highest BCUT2D eigenvalue weighted by Crippen LogP contribution is 2.38. The Hall–Kier alpha value is -3.95. The van der Waals surface area contributed by atoms with Crippen LogP contribution in [-0.4, -0.2) is 51.4 Å². The predicted octanol–water partition coefficient (Wildman–Crippen LogP) is 4.86. The first kappa shape index (κ1) is 22.5. The Morgan fingerprint density at radius 2 is 2.03 bits per heavy atom. The molecule has 4 heterocycles. The molecule has 186 valence electrons. The summed E-state index contributed by atoms with van der Waals surface area (Å²) in [6.07, 6.45) is 4.34. The van der Waals surface area contributed by atoms with Gasteiger partial charge in [0.05, 0.1) is 23.4 Å². The van der Waals surface area contributed by atoms with Crippen molar-refractivity contribution in [1.29, 1.82) is 0 Å². The molecule has 0 bridgehead atoms. The van der Waals surface area contributed by atoms with Crippen molar-refractivity contribution in [2.24, 2.45) is 0 Å². The Kier molecular flexibility index (Phi) is 5.03. The molecule has 6 rings (SSSR count). The molecule has 0 spiro atoms. The van der Waals surface area contributed by atoms with Crippen LogP contribution in [0.2, 0.25) is 0 Å². The largest absolute Gasteiger partial charge is 0.460 e. The van der Waals surface area contributed by atoms with Gasteiger partial charge in [0.1, 0.15) is 22.6 Å². The zero-order valence-electron chi connectivity index (χ0n) is 19.8. The average molecular weight is 494 g/mol. The second-order valence-electron chi connectivity index (χ2n) is 9.42. The molecular weight excluding hydrogens is 470 g/mol. The summed E-state index contributed by atoms with van der Waals surface area (Å²) in [6, 6.07) is 5.58. The summed E-state index contributed by atoms with van der Waals surface area (Å²) in [4.78, 5) is 27.4. The molecule has 1 N–H and O–H groups in total. The van der Waals surface area contributed by atoms with Gasteiger partial charge in [-0.25, -0.2) is 13.3 Å². The van der Waals surface area contributed by atoms with E-state index in [1.54, 1.807) is 53.0 Å². The Morgan fingerprint density at radius 3 is 2.69 bits per heavy atom. The van der Waals surface area contributed by atoms with Gasteiger partial charge in [-0.1, -0.05) is 0 Å². The molecule has 8 nitrogen and oxygen atoms in total. The van der Waals surface area contributed by atoms with E-state index in [2.05, 4.69) is 10.4 Å². The smallest absolute Gasteiger partial charge is 0.267 e. The van der Waals surface area contributed by atoms with Crippen LogP contribution >= 0.6 is 0 Å². The minimum Gasteiger partial charge on any atom is -0.460 e. The lowest BCUT2D eigenvalue weighted by molar-refractivity contribution is -0.102. The number of aromatic nitrogens is 2. The fourth-order valence-corrected chi connectivity index (χ4v) is 4.80. The molecule has 1 saturated heterocycles. The normalized spacial score (nSPS) is 18.7. The zero-order chi connectivity index (χ0) is 25.2. The predicted molar refractivity (Wildman–Crippen MR) is 127 cm³/mol. The van der Waals surface area contributed by atoms with Crippen LogP contribution in [0.15, 0.2) is 41.1 Å². The molecule has 36 heavy (non-hydrogen) atoms. The van der Waals surface area contributed by atoms with Crippen molar-refractivity contribution in [2.75, 3.05) is 13.1 Å². The highest BCUT2D eigenvalue weighted by molar-refractivity contribution is 6.07. The second kappa shape index (κ2) is 8.04. The first-order chi connectivity index (χ1) is 17.2. The highest BCUT2D eigenvalue weighted by atomic mass is 19.3. The fourth-order valence-electron chi connectivity index (χ4n) is 4.80. The number of nitrogens with zero attached hydrogens (tertiary/aromatic N) is 3. The van der Waals surface area contributed by atoms with Gasteiger partial charge in [0.2, 0.25) is 0 Å². The quantitative estimate of drug-likeness (QED) is 0.428. The van der Waals surface area contributed by atoms with Gasteiger partial charge >= 0.3 is 0 Å². The average Bonchev–Trinajstić information content (AvgIpc) is 3.31. The summed E-state index contributed by atoms with van der Waals surface area (Å²) < 4.78 is 40.9. The number of halogens is 2. The van der Waals surface area contributed by atoms with Crippen molar-refractivity contribution >= 4 is 28.3 Å². The third kappa shape index (κ3) is 3.51. The summed E-state index contributed by atoms with van der Waals surface area (Å²) in [5.41, 5.74) is 2.68. The molecule has 3 aromatic heterocycles. The first-order valence-corrected chi connectivity index (χ1v) is 11.9. The van der Waals surface area contributed by atoms with Crippen LogP contribution in [0.5, 0.6) is 11.5 Å². The summed E-state index contributed by atoms with van der Waals surface area (Å²) in [5.74, 6) is -2.17. The van der Waals surface area contributed by atoms with Crippen LogP contribution in [0.3, 0.4) is 0 Å². The van der Waals surface area contributed by atoms with Crippen LogP contribution < -0.4 is 10.1 Å². The lowest BCUT2D eigenvalue weighted by atomic mass is 9.87. The summed E-state index contributed by atoms with van der Waals surface area (Å²) >= 11 is 0. The lowest BCUT2D eigenvalue weighted by Gasteiger charge is -2.36. The molecule has 4 aromatic rings. The van der Waals surface area contributed by atoms with E-state index in [1.807, 2.05) is 6.92 Å². The first-order valence-electron chi connectivity index (χ1n) is 11.9. The number of ether oxygens (including phenoxy) is 1. The van der Waals surface area contributed by atoms with Gasteiger partial charge in [-0.3, -0.25) is 9.59 Å². The number of hydrogen-bond acceptors (Lipinski definition) is 5. The number of alkyl halides is 2. The molecule has 1 aliphatic carbocycles. The molecule has 1 unspecified atom stereocenters. The monoisotopic (exact) mass is 494 g/mol. The number of amides is 2. The molecule has 10 heteroatoms.